The molecule has 0 aliphatic carbocycles. The van der Waals surface area contributed by atoms with Crippen molar-refractivity contribution in [1.82, 2.24) is 29.0 Å². The monoisotopic (exact) mass is 372 g/mol. The third-order valence-corrected chi connectivity index (χ3v) is 6.54. The molecule has 0 N–H and O–H groups in total. The predicted molar refractivity (Wildman–Crippen MR) is 108 cm³/mol. The largest absolute Gasteiger partial charge is 0.327 e. The first-order valence-corrected chi connectivity index (χ1v) is 10.3. The number of aromatic nitrogens is 5. The smallest absolute Gasteiger partial charge is 0.155 e. The van der Waals surface area contributed by atoms with Crippen molar-refractivity contribution in [2.45, 2.75) is 58.3 Å². The summed E-state index contributed by atoms with van der Waals surface area (Å²) in [6.07, 6.45) is 5.55. The van der Waals surface area contributed by atoms with Crippen LogP contribution in [0, 0.1) is 6.92 Å². The van der Waals surface area contributed by atoms with Crippen LogP contribution in [0.5, 0.6) is 0 Å². The number of hydrogen-bond donors (Lipinski definition) is 0. The molecule has 0 radical (unpaired) electrons. The Morgan fingerprint density at radius 1 is 1.18 bits per heavy atom. The van der Waals surface area contributed by atoms with Crippen LogP contribution in [0.1, 0.15) is 48.6 Å². The van der Waals surface area contributed by atoms with Gasteiger partial charge in [0.2, 0.25) is 0 Å². The Balaban J connectivity index is 1.41. The number of aryl methyl sites for hydroxylation is 2. The zero-order valence-electron chi connectivity index (χ0n) is 16.3. The summed E-state index contributed by atoms with van der Waals surface area (Å²) >= 11 is 0. The molecule has 6 heteroatoms. The Morgan fingerprint density at radius 2 is 2.07 bits per heavy atom. The first kappa shape index (κ1) is 16.2. The second-order valence-electron chi connectivity index (χ2n) is 8.10. The van der Waals surface area contributed by atoms with Gasteiger partial charge in [-0.05, 0) is 38.8 Å². The summed E-state index contributed by atoms with van der Waals surface area (Å²) in [6.45, 7) is 6.09. The van der Waals surface area contributed by atoms with Crippen molar-refractivity contribution >= 4 is 16.7 Å². The van der Waals surface area contributed by atoms with Gasteiger partial charge >= 0.3 is 0 Å². The minimum atomic E-state index is 0.417. The summed E-state index contributed by atoms with van der Waals surface area (Å²) in [7, 11) is 0. The molecule has 6 rings (SSSR count). The van der Waals surface area contributed by atoms with Gasteiger partial charge in [-0.15, -0.1) is 0 Å². The Labute approximate surface area is 163 Å². The maximum atomic E-state index is 4.97. The second-order valence-corrected chi connectivity index (χ2v) is 8.10. The Hall–Kier alpha value is -2.73. The van der Waals surface area contributed by atoms with Gasteiger partial charge in [0, 0.05) is 42.9 Å². The lowest BCUT2D eigenvalue weighted by molar-refractivity contribution is 0.159. The molecule has 2 aliphatic rings. The highest BCUT2D eigenvalue weighted by molar-refractivity contribution is 5.75. The summed E-state index contributed by atoms with van der Waals surface area (Å²) in [6, 6.07) is 11.5. The summed E-state index contributed by atoms with van der Waals surface area (Å²) in [5.74, 6) is 1.17. The Morgan fingerprint density at radius 3 is 2.96 bits per heavy atom. The quantitative estimate of drug-likeness (QED) is 0.551. The number of imidazole rings is 1. The number of rotatable bonds is 3. The molecule has 2 atom stereocenters. The van der Waals surface area contributed by atoms with Crippen molar-refractivity contribution in [3.8, 4) is 0 Å². The van der Waals surface area contributed by atoms with Gasteiger partial charge in [0.05, 0.1) is 29.0 Å². The molecule has 142 valence electrons. The summed E-state index contributed by atoms with van der Waals surface area (Å²) in [4.78, 5) is 12.3. The molecule has 1 saturated heterocycles. The van der Waals surface area contributed by atoms with E-state index in [1.807, 2.05) is 6.92 Å². The molecule has 0 unspecified atom stereocenters. The van der Waals surface area contributed by atoms with Crippen molar-refractivity contribution in [2.24, 2.45) is 0 Å². The van der Waals surface area contributed by atoms with Crippen LogP contribution in [0.15, 0.2) is 36.5 Å². The molecule has 0 saturated carbocycles. The van der Waals surface area contributed by atoms with Crippen molar-refractivity contribution in [3.05, 3.63) is 59.3 Å². The van der Waals surface area contributed by atoms with E-state index in [4.69, 9.17) is 15.1 Å². The SMILES string of the molecule is CCn1c(CN2[C@H]3CC[C@@H]2c2cnc4cc(C)nn4c2C3)nc2ccccc21. The lowest BCUT2D eigenvalue weighted by Gasteiger charge is -2.35. The molecule has 1 fully saturated rings. The van der Waals surface area contributed by atoms with Gasteiger partial charge in [0.25, 0.3) is 0 Å². The molecule has 2 bridgehead atoms. The number of para-hydroxylation sites is 2. The van der Waals surface area contributed by atoms with Crippen LogP contribution in [0.3, 0.4) is 0 Å². The molecular weight excluding hydrogens is 348 g/mol. The Kier molecular flexibility index (Phi) is 3.41. The van der Waals surface area contributed by atoms with Crippen LogP contribution in [0.4, 0.5) is 0 Å². The van der Waals surface area contributed by atoms with E-state index in [1.54, 1.807) is 0 Å². The predicted octanol–water partition coefficient (Wildman–Crippen LogP) is 3.67. The van der Waals surface area contributed by atoms with Crippen molar-refractivity contribution < 1.29 is 0 Å². The van der Waals surface area contributed by atoms with E-state index in [9.17, 15) is 0 Å². The van der Waals surface area contributed by atoms with Crippen LogP contribution in [-0.2, 0) is 19.5 Å². The van der Waals surface area contributed by atoms with Gasteiger partial charge in [-0.3, -0.25) is 4.90 Å². The molecule has 2 aliphatic heterocycles. The fourth-order valence-corrected chi connectivity index (χ4v) is 5.31. The zero-order chi connectivity index (χ0) is 18.8. The Bertz CT molecular complexity index is 1200. The normalized spacial score (nSPS) is 21.6. The summed E-state index contributed by atoms with van der Waals surface area (Å²) in [5.41, 5.74) is 7.04. The third-order valence-electron chi connectivity index (χ3n) is 6.54. The first-order chi connectivity index (χ1) is 13.7. The molecule has 4 aromatic rings. The minimum absolute atomic E-state index is 0.417. The minimum Gasteiger partial charge on any atom is -0.327 e. The molecule has 0 spiro atoms. The molecular formula is C22H24N6. The highest BCUT2D eigenvalue weighted by atomic mass is 15.3. The summed E-state index contributed by atoms with van der Waals surface area (Å²) < 4.78 is 4.44. The van der Waals surface area contributed by atoms with E-state index in [-0.39, 0.29) is 0 Å². The highest BCUT2D eigenvalue weighted by Gasteiger charge is 2.41. The highest BCUT2D eigenvalue weighted by Crippen LogP contribution is 2.44. The number of hydrogen-bond acceptors (Lipinski definition) is 4. The maximum Gasteiger partial charge on any atom is 0.155 e. The van der Waals surface area contributed by atoms with Gasteiger partial charge in [-0.2, -0.15) is 5.10 Å². The van der Waals surface area contributed by atoms with E-state index in [2.05, 4.69) is 57.4 Å². The maximum absolute atomic E-state index is 4.97. The van der Waals surface area contributed by atoms with E-state index >= 15 is 0 Å². The number of nitrogens with zero attached hydrogens (tertiary/aromatic N) is 6. The number of benzene rings is 1. The molecule has 28 heavy (non-hydrogen) atoms. The van der Waals surface area contributed by atoms with Crippen LogP contribution in [-0.4, -0.2) is 35.1 Å². The van der Waals surface area contributed by atoms with E-state index in [1.165, 1.54) is 35.4 Å². The van der Waals surface area contributed by atoms with E-state index in [0.717, 1.165) is 36.4 Å². The standard InChI is InChI=1S/C22H24N6/c1-3-26-19-7-5-4-6-17(19)24-22(26)13-27-15-8-9-18(27)16-12-23-21-10-14(2)25-28(21)20(16)11-15/h4-7,10,12,15,18H,3,8-9,11,13H2,1-2H3/t15-,18+/m0/s1. The van der Waals surface area contributed by atoms with Gasteiger partial charge < -0.3 is 4.57 Å². The zero-order valence-corrected chi connectivity index (χ0v) is 16.3. The van der Waals surface area contributed by atoms with Gasteiger partial charge in [0.15, 0.2) is 5.65 Å². The fourth-order valence-electron chi connectivity index (χ4n) is 5.31. The fraction of sp³-hybridized carbons (Fsp3) is 0.409. The van der Waals surface area contributed by atoms with Gasteiger partial charge in [-0.25, -0.2) is 14.5 Å². The van der Waals surface area contributed by atoms with Gasteiger partial charge in [-0.1, -0.05) is 12.1 Å². The topological polar surface area (TPSA) is 51.2 Å². The van der Waals surface area contributed by atoms with Crippen molar-refractivity contribution in [3.63, 3.8) is 0 Å². The van der Waals surface area contributed by atoms with Crippen LogP contribution < -0.4 is 0 Å². The van der Waals surface area contributed by atoms with Crippen molar-refractivity contribution in [1.29, 1.82) is 0 Å². The second kappa shape index (κ2) is 5.88. The summed E-state index contributed by atoms with van der Waals surface area (Å²) in [5, 5.41) is 4.71. The molecule has 0 amide bonds. The molecule has 1 aromatic carbocycles. The van der Waals surface area contributed by atoms with Crippen LogP contribution in [0.25, 0.3) is 16.7 Å². The molecule has 6 nitrogen and oxygen atoms in total. The van der Waals surface area contributed by atoms with E-state index in [0.29, 0.717) is 12.1 Å². The van der Waals surface area contributed by atoms with Crippen LogP contribution in [0.2, 0.25) is 0 Å². The third kappa shape index (κ3) is 2.21. The average Bonchev–Trinajstić information content (AvgIpc) is 3.33. The van der Waals surface area contributed by atoms with Crippen LogP contribution >= 0.6 is 0 Å². The van der Waals surface area contributed by atoms with E-state index < -0.39 is 0 Å². The lowest BCUT2D eigenvalue weighted by Crippen LogP contribution is -2.38. The molecule has 5 heterocycles. The van der Waals surface area contributed by atoms with Crippen molar-refractivity contribution in [2.75, 3.05) is 0 Å². The molecule has 3 aromatic heterocycles. The first-order valence-electron chi connectivity index (χ1n) is 10.3. The lowest BCUT2D eigenvalue weighted by atomic mass is 9.99. The number of fused-ring (bicyclic) bond motifs is 7. The average molecular weight is 372 g/mol. The van der Waals surface area contributed by atoms with Gasteiger partial charge in [0.1, 0.15) is 5.82 Å².